The van der Waals surface area contributed by atoms with Gasteiger partial charge in [-0.1, -0.05) is 12.8 Å². The maximum absolute atomic E-state index is 5.43. The molecule has 1 N–H and O–H groups in total. The molecule has 0 spiro atoms. The van der Waals surface area contributed by atoms with Gasteiger partial charge in [0.25, 0.3) is 0 Å². The Morgan fingerprint density at radius 1 is 1.11 bits per heavy atom. The van der Waals surface area contributed by atoms with Crippen LogP contribution in [0.4, 0.5) is 11.4 Å². The van der Waals surface area contributed by atoms with Gasteiger partial charge < -0.3 is 19.7 Å². The van der Waals surface area contributed by atoms with Gasteiger partial charge in [0.05, 0.1) is 25.6 Å². The van der Waals surface area contributed by atoms with Gasteiger partial charge in [-0.05, 0) is 12.8 Å². The van der Waals surface area contributed by atoms with E-state index in [0.717, 1.165) is 30.3 Å². The van der Waals surface area contributed by atoms with Gasteiger partial charge in [0.1, 0.15) is 0 Å². The molecule has 2 aliphatic rings. The first kappa shape index (κ1) is 12.5. The molecule has 19 heavy (non-hydrogen) atoms. The second-order valence-corrected chi connectivity index (χ2v) is 5.28. The molecule has 3 rings (SSSR count). The highest BCUT2D eigenvalue weighted by Gasteiger charge is 2.27. The van der Waals surface area contributed by atoms with Gasteiger partial charge in [-0.3, -0.25) is 0 Å². The Morgan fingerprint density at radius 3 is 2.47 bits per heavy atom. The Labute approximate surface area is 114 Å². The highest BCUT2D eigenvalue weighted by atomic mass is 16.5. The van der Waals surface area contributed by atoms with Gasteiger partial charge in [-0.15, -0.1) is 0 Å². The van der Waals surface area contributed by atoms with Crippen molar-refractivity contribution >= 4 is 11.4 Å². The quantitative estimate of drug-likeness (QED) is 0.908. The van der Waals surface area contributed by atoms with E-state index in [9.17, 15) is 0 Å². The summed E-state index contributed by atoms with van der Waals surface area (Å²) in [6.07, 6.45) is 5.34. The van der Waals surface area contributed by atoms with Crippen LogP contribution in [-0.4, -0.2) is 33.4 Å². The fourth-order valence-electron chi connectivity index (χ4n) is 3.27. The number of anilines is 2. The van der Waals surface area contributed by atoms with Crippen LogP contribution >= 0.6 is 0 Å². The summed E-state index contributed by atoms with van der Waals surface area (Å²) in [6, 6.07) is 4.85. The molecule has 4 heteroatoms. The van der Waals surface area contributed by atoms with Gasteiger partial charge in [0.15, 0.2) is 11.5 Å². The van der Waals surface area contributed by atoms with E-state index in [0.29, 0.717) is 6.04 Å². The third kappa shape index (κ3) is 2.20. The first-order valence-corrected chi connectivity index (χ1v) is 7.10. The molecule has 1 aliphatic carbocycles. The van der Waals surface area contributed by atoms with Crippen molar-refractivity contribution in [3.05, 3.63) is 12.1 Å². The standard InChI is InChI=1S/C15H22N2O2/c1-18-14-9-12-13(10-15(14)19-2)17(8-7-16-12)11-5-3-4-6-11/h9-11,16H,3-8H2,1-2H3. The lowest BCUT2D eigenvalue weighted by atomic mass is 10.1. The molecule has 104 valence electrons. The summed E-state index contributed by atoms with van der Waals surface area (Å²) in [4.78, 5) is 2.54. The van der Waals surface area contributed by atoms with Gasteiger partial charge in [-0.25, -0.2) is 0 Å². The number of nitrogens with one attached hydrogen (secondary N) is 1. The summed E-state index contributed by atoms with van der Waals surface area (Å²) in [6.45, 7) is 2.08. The van der Waals surface area contributed by atoms with Crippen LogP contribution in [0.3, 0.4) is 0 Å². The van der Waals surface area contributed by atoms with E-state index in [1.807, 2.05) is 0 Å². The van der Waals surface area contributed by atoms with E-state index in [2.05, 4.69) is 22.3 Å². The fraction of sp³-hybridized carbons (Fsp3) is 0.600. The Hall–Kier alpha value is -1.58. The van der Waals surface area contributed by atoms with Gasteiger partial charge in [-0.2, -0.15) is 0 Å². The first-order chi connectivity index (χ1) is 9.33. The zero-order chi connectivity index (χ0) is 13.2. The second kappa shape index (κ2) is 5.19. The molecule has 1 saturated carbocycles. The minimum atomic E-state index is 0.693. The van der Waals surface area contributed by atoms with Crippen molar-refractivity contribution in [3.63, 3.8) is 0 Å². The minimum absolute atomic E-state index is 0.693. The van der Waals surface area contributed by atoms with Crippen molar-refractivity contribution in [2.45, 2.75) is 31.7 Å². The van der Waals surface area contributed by atoms with E-state index in [4.69, 9.17) is 9.47 Å². The predicted octanol–water partition coefficient (Wildman–Crippen LogP) is 2.88. The highest BCUT2D eigenvalue weighted by molar-refractivity contribution is 5.77. The summed E-state index contributed by atoms with van der Waals surface area (Å²) in [5, 5.41) is 3.46. The summed E-state index contributed by atoms with van der Waals surface area (Å²) < 4.78 is 10.8. The minimum Gasteiger partial charge on any atom is -0.493 e. The molecule has 1 heterocycles. The summed E-state index contributed by atoms with van der Waals surface area (Å²) in [5.74, 6) is 1.61. The van der Waals surface area contributed by atoms with Crippen LogP contribution in [0.1, 0.15) is 25.7 Å². The Kier molecular flexibility index (Phi) is 3.40. The van der Waals surface area contributed by atoms with Crippen LogP contribution in [0.25, 0.3) is 0 Å². The number of hydrogen-bond donors (Lipinski definition) is 1. The summed E-state index contributed by atoms with van der Waals surface area (Å²) in [5.41, 5.74) is 2.42. The van der Waals surface area contributed by atoms with Crippen LogP contribution < -0.4 is 19.7 Å². The zero-order valence-electron chi connectivity index (χ0n) is 11.7. The molecule has 0 radical (unpaired) electrons. The van der Waals surface area contributed by atoms with E-state index < -0.39 is 0 Å². The molecule has 0 amide bonds. The molecular weight excluding hydrogens is 240 g/mol. The maximum Gasteiger partial charge on any atom is 0.162 e. The number of methoxy groups -OCH3 is 2. The summed E-state index contributed by atoms with van der Waals surface area (Å²) in [7, 11) is 3.38. The Balaban J connectivity index is 1.98. The third-order valence-corrected chi connectivity index (χ3v) is 4.24. The number of benzene rings is 1. The van der Waals surface area contributed by atoms with Crippen molar-refractivity contribution in [3.8, 4) is 11.5 Å². The number of fused-ring (bicyclic) bond motifs is 1. The van der Waals surface area contributed by atoms with Crippen LogP contribution in [-0.2, 0) is 0 Å². The largest absolute Gasteiger partial charge is 0.493 e. The molecule has 4 nitrogen and oxygen atoms in total. The van der Waals surface area contributed by atoms with E-state index in [-0.39, 0.29) is 0 Å². The fourth-order valence-corrected chi connectivity index (χ4v) is 3.27. The van der Waals surface area contributed by atoms with Crippen molar-refractivity contribution in [2.75, 3.05) is 37.5 Å². The lowest BCUT2D eigenvalue weighted by Crippen LogP contribution is -2.40. The van der Waals surface area contributed by atoms with Gasteiger partial charge in [0, 0.05) is 31.3 Å². The maximum atomic E-state index is 5.43. The summed E-state index contributed by atoms with van der Waals surface area (Å²) >= 11 is 0. The number of rotatable bonds is 3. The molecule has 1 aromatic carbocycles. The number of nitrogens with zero attached hydrogens (tertiary/aromatic N) is 1. The van der Waals surface area contributed by atoms with Crippen LogP contribution in [0, 0.1) is 0 Å². The number of ether oxygens (including phenoxy) is 2. The van der Waals surface area contributed by atoms with Crippen LogP contribution in [0.15, 0.2) is 12.1 Å². The van der Waals surface area contributed by atoms with E-state index in [1.165, 1.54) is 31.4 Å². The van der Waals surface area contributed by atoms with Gasteiger partial charge >= 0.3 is 0 Å². The molecular formula is C15H22N2O2. The zero-order valence-corrected chi connectivity index (χ0v) is 11.7. The Morgan fingerprint density at radius 2 is 1.79 bits per heavy atom. The molecule has 0 saturated heterocycles. The Bertz CT molecular complexity index is 456. The van der Waals surface area contributed by atoms with Gasteiger partial charge in [0.2, 0.25) is 0 Å². The molecule has 1 aliphatic heterocycles. The van der Waals surface area contributed by atoms with Crippen molar-refractivity contribution in [1.82, 2.24) is 0 Å². The second-order valence-electron chi connectivity index (χ2n) is 5.28. The molecule has 1 fully saturated rings. The SMILES string of the molecule is COc1cc2c(cc1OC)N(C1CCCC1)CCN2. The highest BCUT2D eigenvalue weighted by Crippen LogP contribution is 2.42. The molecule has 0 bridgehead atoms. The monoisotopic (exact) mass is 262 g/mol. The first-order valence-electron chi connectivity index (χ1n) is 7.10. The predicted molar refractivity (Wildman–Crippen MR) is 77.6 cm³/mol. The van der Waals surface area contributed by atoms with Crippen molar-refractivity contribution in [2.24, 2.45) is 0 Å². The topological polar surface area (TPSA) is 33.7 Å². The smallest absolute Gasteiger partial charge is 0.162 e. The van der Waals surface area contributed by atoms with Crippen molar-refractivity contribution < 1.29 is 9.47 Å². The third-order valence-electron chi connectivity index (χ3n) is 4.24. The lowest BCUT2D eigenvalue weighted by Gasteiger charge is -2.37. The van der Waals surface area contributed by atoms with Crippen molar-refractivity contribution in [1.29, 1.82) is 0 Å². The molecule has 1 aromatic rings. The molecule has 0 aromatic heterocycles. The molecule has 0 atom stereocenters. The number of hydrogen-bond acceptors (Lipinski definition) is 4. The van der Waals surface area contributed by atoms with Crippen LogP contribution in [0.5, 0.6) is 11.5 Å². The average Bonchev–Trinajstić information content (AvgIpc) is 2.99. The van der Waals surface area contributed by atoms with E-state index in [1.54, 1.807) is 14.2 Å². The normalized spacial score (nSPS) is 18.9. The molecule has 0 unspecified atom stereocenters. The van der Waals surface area contributed by atoms with E-state index >= 15 is 0 Å². The van der Waals surface area contributed by atoms with Crippen LogP contribution in [0.2, 0.25) is 0 Å². The lowest BCUT2D eigenvalue weighted by molar-refractivity contribution is 0.355. The average molecular weight is 262 g/mol.